The van der Waals surface area contributed by atoms with Crippen LogP contribution < -0.4 is 9.64 Å². The fourth-order valence-corrected chi connectivity index (χ4v) is 6.20. The Morgan fingerprint density at radius 3 is 2.37 bits per heavy atom. The highest BCUT2D eigenvalue weighted by Gasteiger charge is 2.24. The number of halogens is 1. The SMILES string of the molecule is CC(=O)N1CCCN(Cc2ccccc2)CCN(C(=O)c2cccc(OCCN3CCCCC3)c2)Cc2ccc(Cl)cc21. The van der Waals surface area contributed by atoms with Crippen LogP contribution in [-0.2, 0) is 17.9 Å². The molecule has 228 valence electrons. The average molecular weight is 603 g/mol. The van der Waals surface area contributed by atoms with Gasteiger partial charge in [0.1, 0.15) is 12.4 Å². The number of hydrogen-bond acceptors (Lipinski definition) is 5. The van der Waals surface area contributed by atoms with E-state index in [0.29, 0.717) is 42.6 Å². The normalized spacial score (nSPS) is 17.2. The van der Waals surface area contributed by atoms with Gasteiger partial charge in [0.15, 0.2) is 0 Å². The smallest absolute Gasteiger partial charge is 0.254 e. The molecule has 8 heteroatoms. The van der Waals surface area contributed by atoms with Crippen molar-refractivity contribution >= 4 is 29.1 Å². The molecule has 1 fully saturated rings. The predicted molar refractivity (Wildman–Crippen MR) is 173 cm³/mol. The van der Waals surface area contributed by atoms with Crippen LogP contribution in [0.5, 0.6) is 5.75 Å². The van der Waals surface area contributed by atoms with Crippen molar-refractivity contribution < 1.29 is 14.3 Å². The van der Waals surface area contributed by atoms with Crippen molar-refractivity contribution in [3.8, 4) is 5.75 Å². The van der Waals surface area contributed by atoms with Crippen LogP contribution in [0.3, 0.4) is 0 Å². The number of fused-ring (bicyclic) bond motifs is 1. The van der Waals surface area contributed by atoms with Gasteiger partial charge < -0.3 is 14.5 Å². The number of nitrogens with zero attached hydrogens (tertiary/aromatic N) is 4. The second-order valence-corrected chi connectivity index (χ2v) is 12.0. The lowest BCUT2D eigenvalue weighted by atomic mass is 10.1. The minimum Gasteiger partial charge on any atom is -0.492 e. The molecule has 2 aliphatic heterocycles. The van der Waals surface area contributed by atoms with E-state index in [9.17, 15) is 9.59 Å². The zero-order chi connectivity index (χ0) is 30.0. The van der Waals surface area contributed by atoms with Gasteiger partial charge in [-0.3, -0.25) is 19.4 Å². The Hall–Kier alpha value is -3.39. The van der Waals surface area contributed by atoms with Gasteiger partial charge in [0.25, 0.3) is 5.91 Å². The number of likely N-dealkylation sites (tertiary alicyclic amines) is 1. The van der Waals surface area contributed by atoms with E-state index in [1.807, 2.05) is 53.4 Å². The third-order valence-electron chi connectivity index (χ3n) is 8.36. The van der Waals surface area contributed by atoms with E-state index >= 15 is 0 Å². The van der Waals surface area contributed by atoms with Gasteiger partial charge in [-0.1, -0.05) is 60.5 Å². The van der Waals surface area contributed by atoms with E-state index in [4.69, 9.17) is 16.3 Å². The van der Waals surface area contributed by atoms with Gasteiger partial charge in [-0.2, -0.15) is 0 Å². The Bertz CT molecular complexity index is 1360. The van der Waals surface area contributed by atoms with Gasteiger partial charge in [0.2, 0.25) is 5.91 Å². The minimum atomic E-state index is -0.0596. The van der Waals surface area contributed by atoms with E-state index < -0.39 is 0 Å². The van der Waals surface area contributed by atoms with E-state index in [-0.39, 0.29) is 11.8 Å². The molecule has 0 spiro atoms. The number of carbonyl (C=O) groups is 2. The van der Waals surface area contributed by atoms with Crippen LogP contribution >= 0.6 is 11.6 Å². The van der Waals surface area contributed by atoms with E-state index in [1.54, 1.807) is 11.8 Å². The van der Waals surface area contributed by atoms with Crippen molar-refractivity contribution in [2.24, 2.45) is 0 Å². The summed E-state index contributed by atoms with van der Waals surface area (Å²) in [6.07, 6.45) is 4.62. The molecule has 0 aliphatic carbocycles. The highest BCUT2D eigenvalue weighted by atomic mass is 35.5. The standard InChI is InChI=1S/C35H43ClN4O3/c1-28(41)40-19-9-18-38(26-29-10-4-2-5-11-29)20-21-39(27-31-14-15-32(36)25-34(31)40)35(42)30-12-8-13-33(24-30)43-23-22-37-16-6-3-7-17-37/h2,4-5,8,10-15,24-25H,3,6-7,9,16-23,26-27H2,1H3. The first kappa shape index (κ1) is 31.0. The maximum atomic E-state index is 14.1. The lowest BCUT2D eigenvalue weighted by Crippen LogP contribution is -2.38. The second kappa shape index (κ2) is 15.4. The number of anilines is 1. The van der Waals surface area contributed by atoms with Crippen molar-refractivity contribution in [3.05, 3.63) is 94.5 Å². The molecule has 0 aromatic heterocycles. The quantitative estimate of drug-likeness (QED) is 0.327. The summed E-state index contributed by atoms with van der Waals surface area (Å²) in [7, 11) is 0. The van der Waals surface area contributed by atoms with Crippen molar-refractivity contribution in [1.82, 2.24) is 14.7 Å². The Kier molecular flexibility index (Phi) is 11.1. The second-order valence-electron chi connectivity index (χ2n) is 11.6. The molecule has 7 nitrogen and oxygen atoms in total. The summed E-state index contributed by atoms with van der Waals surface area (Å²) in [5, 5.41) is 0.567. The van der Waals surface area contributed by atoms with Crippen LogP contribution in [0, 0.1) is 0 Å². The highest BCUT2D eigenvalue weighted by Crippen LogP contribution is 2.28. The number of ether oxygens (including phenoxy) is 1. The van der Waals surface area contributed by atoms with Gasteiger partial charge in [-0.25, -0.2) is 0 Å². The summed E-state index contributed by atoms with van der Waals surface area (Å²) in [5.74, 6) is 0.613. The van der Waals surface area contributed by atoms with Crippen molar-refractivity contribution in [2.45, 2.75) is 45.7 Å². The van der Waals surface area contributed by atoms with Crippen LogP contribution in [0.25, 0.3) is 0 Å². The molecule has 1 saturated heterocycles. The molecule has 2 heterocycles. The first-order chi connectivity index (χ1) is 21.0. The van der Waals surface area contributed by atoms with Gasteiger partial charge in [0.05, 0.1) is 5.69 Å². The molecule has 0 unspecified atom stereocenters. The maximum absolute atomic E-state index is 14.1. The van der Waals surface area contributed by atoms with Crippen LogP contribution in [0.2, 0.25) is 5.02 Å². The van der Waals surface area contributed by atoms with Crippen LogP contribution in [0.4, 0.5) is 5.69 Å². The molecular weight excluding hydrogens is 560 g/mol. The van der Waals surface area contributed by atoms with Gasteiger partial charge >= 0.3 is 0 Å². The minimum absolute atomic E-state index is 0.0374. The molecule has 43 heavy (non-hydrogen) atoms. The molecule has 0 bridgehead atoms. The molecule has 3 aromatic carbocycles. The van der Waals surface area contributed by atoms with Crippen LogP contribution in [0.15, 0.2) is 72.8 Å². The lowest BCUT2D eigenvalue weighted by Gasteiger charge is -2.28. The summed E-state index contributed by atoms with van der Waals surface area (Å²) in [5.41, 5.74) is 3.49. The zero-order valence-electron chi connectivity index (χ0n) is 25.2. The molecule has 0 saturated carbocycles. The Labute approximate surface area is 261 Å². The zero-order valence-corrected chi connectivity index (χ0v) is 26.0. The largest absolute Gasteiger partial charge is 0.492 e. The van der Waals surface area contributed by atoms with Gasteiger partial charge in [-0.15, -0.1) is 0 Å². The van der Waals surface area contributed by atoms with Crippen LogP contribution in [-0.4, -0.2) is 78.9 Å². The summed E-state index contributed by atoms with van der Waals surface area (Å²) >= 11 is 6.42. The van der Waals surface area contributed by atoms with Crippen molar-refractivity contribution in [3.63, 3.8) is 0 Å². The number of rotatable bonds is 7. The lowest BCUT2D eigenvalue weighted by molar-refractivity contribution is -0.116. The number of hydrogen-bond donors (Lipinski definition) is 0. The summed E-state index contributed by atoms with van der Waals surface area (Å²) < 4.78 is 6.10. The number of carbonyl (C=O) groups excluding carboxylic acids is 2. The Balaban J connectivity index is 1.37. The summed E-state index contributed by atoms with van der Waals surface area (Å²) in [6.45, 7) is 9.15. The number of amides is 2. The molecule has 0 atom stereocenters. The van der Waals surface area contributed by atoms with Crippen molar-refractivity contribution in [1.29, 1.82) is 0 Å². The monoisotopic (exact) mass is 602 g/mol. The average Bonchev–Trinajstić information content (AvgIpc) is 3.05. The fourth-order valence-electron chi connectivity index (χ4n) is 6.03. The maximum Gasteiger partial charge on any atom is 0.254 e. The van der Waals surface area contributed by atoms with E-state index in [1.165, 1.54) is 24.8 Å². The topological polar surface area (TPSA) is 56.3 Å². The molecule has 0 radical (unpaired) electrons. The van der Waals surface area contributed by atoms with E-state index in [0.717, 1.165) is 56.9 Å². The third-order valence-corrected chi connectivity index (χ3v) is 8.60. The Morgan fingerprint density at radius 1 is 0.791 bits per heavy atom. The highest BCUT2D eigenvalue weighted by molar-refractivity contribution is 6.31. The number of benzene rings is 3. The van der Waals surface area contributed by atoms with Gasteiger partial charge in [0, 0.05) is 63.3 Å². The molecule has 2 aliphatic rings. The fraction of sp³-hybridized carbons (Fsp3) is 0.429. The first-order valence-corrected chi connectivity index (χ1v) is 15.9. The molecule has 2 amide bonds. The predicted octanol–water partition coefficient (Wildman–Crippen LogP) is 6.11. The molecular formula is C35H43ClN4O3. The molecule has 5 rings (SSSR count). The number of piperidine rings is 1. The summed E-state index contributed by atoms with van der Waals surface area (Å²) in [4.78, 5) is 35.5. The van der Waals surface area contributed by atoms with E-state index in [2.05, 4.69) is 34.1 Å². The van der Waals surface area contributed by atoms with Gasteiger partial charge in [-0.05, 0) is 73.8 Å². The molecule has 3 aromatic rings. The summed E-state index contributed by atoms with van der Waals surface area (Å²) in [6, 6.07) is 23.5. The Morgan fingerprint density at radius 2 is 1.58 bits per heavy atom. The third kappa shape index (κ3) is 8.82. The molecule has 0 N–H and O–H groups in total. The first-order valence-electron chi connectivity index (χ1n) is 15.5. The van der Waals surface area contributed by atoms with Crippen molar-refractivity contribution in [2.75, 3.05) is 57.3 Å². The van der Waals surface area contributed by atoms with Crippen LogP contribution in [0.1, 0.15) is 54.1 Å².